The molecule has 10 heavy (non-hydrogen) atoms. The predicted molar refractivity (Wildman–Crippen MR) is 33.4 cm³/mol. The van der Waals surface area contributed by atoms with Crippen LogP contribution in [0.4, 0.5) is 0 Å². The fourth-order valence-electron chi connectivity index (χ4n) is 1.51. The first-order chi connectivity index (χ1) is 4.76. The quantitative estimate of drug-likeness (QED) is 0.391. The molecule has 0 aromatic heterocycles. The van der Waals surface area contributed by atoms with Crippen molar-refractivity contribution in [1.29, 1.82) is 0 Å². The highest BCUT2D eigenvalue weighted by Crippen LogP contribution is 2.50. The van der Waals surface area contributed by atoms with E-state index in [9.17, 15) is 4.79 Å². The number of esters is 1. The van der Waals surface area contributed by atoms with Crippen LogP contribution in [0.15, 0.2) is 0 Å². The molecule has 3 nitrogen and oxygen atoms in total. The lowest BCUT2D eigenvalue weighted by atomic mass is 9.75. The maximum Gasteiger partial charge on any atom is 0.308 e. The second-order valence-electron chi connectivity index (χ2n) is 3.10. The van der Waals surface area contributed by atoms with Gasteiger partial charge in [-0.05, 0) is 12.8 Å². The summed E-state index contributed by atoms with van der Waals surface area (Å²) in [5.41, 5.74) is 0.124. The Hall–Kier alpha value is -0.570. The molecule has 56 valence electrons. The van der Waals surface area contributed by atoms with E-state index in [1.807, 2.05) is 0 Å². The monoisotopic (exact) mass is 142 g/mol. The molecule has 1 spiro atoms. The van der Waals surface area contributed by atoms with Crippen molar-refractivity contribution >= 4 is 5.97 Å². The normalized spacial score (nSPS) is 42.7. The lowest BCUT2D eigenvalue weighted by Crippen LogP contribution is -2.37. The Morgan fingerprint density at radius 1 is 1.70 bits per heavy atom. The molecule has 0 N–H and O–H groups in total. The molecular formula is C7H10O3. The van der Waals surface area contributed by atoms with E-state index in [1.54, 1.807) is 0 Å². The molecule has 0 aromatic carbocycles. The number of ether oxygens (including phenoxy) is 2. The summed E-state index contributed by atoms with van der Waals surface area (Å²) in [7, 11) is 1.43. The van der Waals surface area contributed by atoms with E-state index < -0.39 is 0 Å². The lowest BCUT2D eigenvalue weighted by Gasteiger charge is -2.29. The molecule has 2 rings (SSSR count). The van der Waals surface area contributed by atoms with Crippen LogP contribution in [0.25, 0.3) is 0 Å². The largest absolute Gasteiger partial charge is 0.469 e. The predicted octanol–water partition coefficient (Wildman–Crippen LogP) is 0.338. The van der Waals surface area contributed by atoms with Crippen LogP contribution in [-0.4, -0.2) is 25.3 Å². The van der Waals surface area contributed by atoms with Crippen molar-refractivity contribution in [1.82, 2.24) is 0 Å². The van der Waals surface area contributed by atoms with Crippen LogP contribution in [0, 0.1) is 5.92 Å². The molecule has 0 amide bonds. The maximum absolute atomic E-state index is 10.8. The van der Waals surface area contributed by atoms with Gasteiger partial charge in [-0.3, -0.25) is 4.79 Å². The molecule has 0 unspecified atom stereocenters. The second kappa shape index (κ2) is 1.72. The zero-order valence-electron chi connectivity index (χ0n) is 5.92. The van der Waals surface area contributed by atoms with Crippen LogP contribution in [0.5, 0.6) is 0 Å². The van der Waals surface area contributed by atoms with Gasteiger partial charge in [-0.25, -0.2) is 0 Å². The summed E-state index contributed by atoms with van der Waals surface area (Å²) in [5, 5.41) is 0. The number of carbonyl (C=O) groups excluding carboxylic acids is 1. The number of rotatable bonds is 1. The Morgan fingerprint density at radius 3 is 2.70 bits per heavy atom. The molecule has 0 aromatic rings. The summed E-state index contributed by atoms with van der Waals surface area (Å²) >= 11 is 0. The van der Waals surface area contributed by atoms with Crippen molar-refractivity contribution in [2.45, 2.75) is 18.4 Å². The summed E-state index contributed by atoms with van der Waals surface area (Å²) in [6.07, 6.45) is 1.75. The van der Waals surface area contributed by atoms with Crippen LogP contribution in [-0.2, 0) is 14.3 Å². The highest BCUT2D eigenvalue weighted by atomic mass is 16.6. The van der Waals surface area contributed by atoms with Crippen molar-refractivity contribution < 1.29 is 14.3 Å². The van der Waals surface area contributed by atoms with Gasteiger partial charge >= 0.3 is 5.97 Å². The number of epoxide rings is 1. The second-order valence-corrected chi connectivity index (χ2v) is 3.10. The van der Waals surface area contributed by atoms with E-state index in [2.05, 4.69) is 4.74 Å². The topological polar surface area (TPSA) is 38.8 Å². The van der Waals surface area contributed by atoms with Gasteiger partial charge in [-0.2, -0.15) is 0 Å². The fourth-order valence-corrected chi connectivity index (χ4v) is 1.51. The smallest absolute Gasteiger partial charge is 0.308 e. The molecule has 0 radical (unpaired) electrons. The van der Waals surface area contributed by atoms with Crippen LogP contribution in [0.3, 0.4) is 0 Å². The average Bonchev–Trinajstić information content (AvgIpc) is 2.61. The molecule has 0 atom stereocenters. The molecule has 0 bridgehead atoms. The molecule has 1 aliphatic heterocycles. The molecule has 2 fully saturated rings. The van der Waals surface area contributed by atoms with Crippen molar-refractivity contribution in [2.75, 3.05) is 13.7 Å². The van der Waals surface area contributed by atoms with E-state index in [0.29, 0.717) is 0 Å². The van der Waals surface area contributed by atoms with Gasteiger partial charge < -0.3 is 9.47 Å². The van der Waals surface area contributed by atoms with Gasteiger partial charge in [-0.15, -0.1) is 0 Å². The Morgan fingerprint density at radius 2 is 2.30 bits per heavy atom. The van der Waals surface area contributed by atoms with Crippen LogP contribution >= 0.6 is 0 Å². The molecule has 1 heterocycles. The van der Waals surface area contributed by atoms with E-state index in [-0.39, 0.29) is 17.5 Å². The van der Waals surface area contributed by atoms with Gasteiger partial charge in [-0.1, -0.05) is 0 Å². The number of methoxy groups -OCH3 is 1. The van der Waals surface area contributed by atoms with Gasteiger partial charge in [0.25, 0.3) is 0 Å². The SMILES string of the molecule is COC(=O)C1CC2(CO2)C1. The van der Waals surface area contributed by atoms with E-state index in [0.717, 1.165) is 19.4 Å². The maximum atomic E-state index is 10.8. The zero-order chi connectivity index (χ0) is 7.19. The number of carbonyl (C=O) groups is 1. The van der Waals surface area contributed by atoms with Crippen molar-refractivity contribution in [2.24, 2.45) is 5.92 Å². The summed E-state index contributed by atoms with van der Waals surface area (Å²) in [6, 6.07) is 0. The van der Waals surface area contributed by atoms with Crippen molar-refractivity contribution in [3.05, 3.63) is 0 Å². The highest BCUT2D eigenvalue weighted by Gasteiger charge is 2.57. The Kier molecular flexibility index (Phi) is 1.06. The number of hydrogen-bond acceptors (Lipinski definition) is 3. The first-order valence-corrected chi connectivity index (χ1v) is 3.48. The van der Waals surface area contributed by atoms with E-state index >= 15 is 0 Å². The molecule has 2 aliphatic rings. The third-order valence-corrected chi connectivity index (χ3v) is 2.32. The van der Waals surface area contributed by atoms with Crippen molar-refractivity contribution in [3.8, 4) is 0 Å². The Balaban J connectivity index is 1.84. The van der Waals surface area contributed by atoms with Crippen LogP contribution < -0.4 is 0 Å². The molecule has 1 aliphatic carbocycles. The summed E-state index contributed by atoms with van der Waals surface area (Å²) in [6.45, 7) is 0.848. The molecular weight excluding hydrogens is 132 g/mol. The Labute approximate surface area is 59.3 Å². The summed E-state index contributed by atoms with van der Waals surface area (Å²) in [4.78, 5) is 10.8. The third-order valence-electron chi connectivity index (χ3n) is 2.32. The van der Waals surface area contributed by atoms with Crippen LogP contribution in [0.2, 0.25) is 0 Å². The highest BCUT2D eigenvalue weighted by molar-refractivity contribution is 5.74. The number of hydrogen-bond donors (Lipinski definition) is 0. The summed E-state index contributed by atoms with van der Waals surface area (Å²) in [5.74, 6) is 0.0358. The standard InChI is InChI=1S/C7H10O3/c1-9-6(8)5-2-7(3-5)4-10-7/h5H,2-4H2,1H3. The Bertz CT molecular complexity index is 164. The first-order valence-electron chi connectivity index (χ1n) is 3.48. The first kappa shape index (κ1) is 6.16. The van der Waals surface area contributed by atoms with Crippen molar-refractivity contribution in [3.63, 3.8) is 0 Å². The van der Waals surface area contributed by atoms with Gasteiger partial charge in [0.1, 0.15) is 0 Å². The third kappa shape index (κ3) is 0.736. The minimum absolute atomic E-state index is 0.0823. The van der Waals surface area contributed by atoms with Crippen LogP contribution in [0.1, 0.15) is 12.8 Å². The minimum Gasteiger partial charge on any atom is -0.469 e. The zero-order valence-corrected chi connectivity index (χ0v) is 5.92. The molecule has 3 heteroatoms. The lowest BCUT2D eigenvalue weighted by molar-refractivity contribution is -0.150. The van der Waals surface area contributed by atoms with E-state index in [4.69, 9.17) is 4.74 Å². The molecule has 1 saturated heterocycles. The van der Waals surface area contributed by atoms with Gasteiger partial charge in [0.05, 0.1) is 25.2 Å². The fraction of sp³-hybridized carbons (Fsp3) is 0.857. The van der Waals surface area contributed by atoms with E-state index in [1.165, 1.54) is 7.11 Å². The molecule has 1 saturated carbocycles. The van der Waals surface area contributed by atoms with Gasteiger partial charge in [0.15, 0.2) is 0 Å². The van der Waals surface area contributed by atoms with Gasteiger partial charge in [0.2, 0.25) is 0 Å². The summed E-state index contributed by atoms with van der Waals surface area (Å²) < 4.78 is 9.73. The minimum atomic E-state index is -0.0823. The van der Waals surface area contributed by atoms with Gasteiger partial charge in [0, 0.05) is 0 Å². The average molecular weight is 142 g/mol.